The summed E-state index contributed by atoms with van der Waals surface area (Å²) in [5.41, 5.74) is 1.05. The molecular formula is C13H19NO4. The number of nitriles is 1. The van der Waals surface area contributed by atoms with Crippen LogP contribution in [0.4, 0.5) is 0 Å². The van der Waals surface area contributed by atoms with E-state index in [1.165, 1.54) is 7.11 Å². The molecule has 0 heterocycles. The fourth-order valence-corrected chi connectivity index (χ4v) is 2.03. The van der Waals surface area contributed by atoms with Gasteiger partial charge in [-0.3, -0.25) is 0 Å². The van der Waals surface area contributed by atoms with Gasteiger partial charge in [-0.15, -0.1) is 0 Å². The lowest BCUT2D eigenvalue weighted by Crippen LogP contribution is -2.21. The Morgan fingerprint density at radius 3 is 2.50 bits per heavy atom. The molecule has 0 saturated heterocycles. The number of rotatable bonds is 5. The van der Waals surface area contributed by atoms with Crippen molar-refractivity contribution in [2.45, 2.75) is 31.8 Å². The Morgan fingerprint density at radius 1 is 1.33 bits per heavy atom. The van der Waals surface area contributed by atoms with E-state index in [-0.39, 0.29) is 11.7 Å². The van der Waals surface area contributed by atoms with E-state index >= 15 is 0 Å². The van der Waals surface area contributed by atoms with E-state index in [9.17, 15) is 4.79 Å². The monoisotopic (exact) mass is 253 g/mol. The van der Waals surface area contributed by atoms with Crippen molar-refractivity contribution < 1.29 is 19.0 Å². The summed E-state index contributed by atoms with van der Waals surface area (Å²) in [5.74, 6) is -0.536. The van der Waals surface area contributed by atoms with Crippen LogP contribution in [-0.4, -0.2) is 39.5 Å². The van der Waals surface area contributed by atoms with Crippen LogP contribution < -0.4 is 0 Å². The van der Waals surface area contributed by atoms with Gasteiger partial charge in [0.15, 0.2) is 0 Å². The maximum Gasteiger partial charge on any atom is 0.348 e. The summed E-state index contributed by atoms with van der Waals surface area (Å²) in [6.45, 7) is 1.17. The lowest BCUT2D eigenvalue weighted by Gasteiger charge is -2.24. The topological polar surface area (TPSA) is 68.5 Å². The molecular weight excluding hydrogens is 234 g/mol. The Morgan fingerprint density at radius 2 is 2.00 bits per heavy atom. The zero-order valence-corrected chi connectivity index (χ0v) is 10.9. The van der Waals surface area contributed by atoms with Gasteiger partial charge in [-0.05, 0) is 31.3 Å². The van der Waals surface area contributed by atoms with Gasteiger partial charge in [0.1, 0.15) is 11.6 Å². The van der Waals surface area contributed by atoms with Crippen LogP contribution in [0.2, 0.25) is 0 Å². The van der Waals surface area contributed by atoms with Gasteiger partial charge >= 0.3 is 5.97 Å². The van der Waals surface area contributed by atoms with Crippen LogP contribution in [0.15, 0.2) is 11.1 Å². The average Bonchev–Trinajstić information content (AvgIpc) is 2.41. The number of methoxy groups -OCH3 is 2. The summed E-state index contributed by atoms with van der Waals surface area (Å²) >= 11 is 0. The summed E-state index contributed by atoms with van der Waals surface area (Å²) < 4.78 is 15.1. The molecule has 1 fully saturated rings. The molecule has 0 bridgehead atoms. The van der Waals surface area contributed by atoms with Gasteiger partial charge in [0, 0.05) is 7.11 Å². The lowest BCUT2D eigenvalue weighted by molar-refractivity contribution is -0.135. The number of carbonyl (C=O) groups is 1. The summed E-state index contributed by atoms with van der Waals surface area (Å²) in [4.78, 5) is 11.4. The quantitative estimate of drug-likeness (QED) is 0.322. The first-order chi connectivity index (χ1) is 8.72. The second kappa shape index (κ2) is 7.85. The molecule has 0 atom stereocenters. The summed E-state index contributed by atoms with van der Waals surface area (Å²) in [6, 6.07) is 1.93. The van der Waals surface area contributed by atoms with Crippen LogP contribution in [-0.2, 0) is 19.0 Å². The van der Waals surface area contributed by atoms with Crippen LogP contribution in [0.5, 0.6) is 0 Å². The smallest absolute Gasteiger partial charge is 0.348 e. The Balaban J connectivity index is 2.49. The van der Waals surface area contributed by atoms with Crippen molar-refractivity contribution in [3.8, 4) is 6.07 Å². The molecule has 5 nitrogen and oxygen atoms in total. The van der Waals surface area contributed by atoms with Gasteiger partial charge in [0.2, 0.25) is 0 Å². The minimum atomic E-state index is -0.536. The van der Waals surface area contributed by atoms with Crippen LogP contribution in [0.1, 0.15) is 25.7 Å². The molecule has 0 amide bonds. The largest absolute Gasteiger partial charge is 0.465 e. The summed E-state index contributed by atoms with van der Waals surface area (Å²) in [6.07, 6.45) is 3.30. The van der Waals surface area contributed by atoms with Crippen molar-refractivity contribution in [1.82, 2.24) is 0 Å². The number of ether oxygens (including phenoxy) is 3. The molecule has 0 aromatic rings. The van der Waals surface area contributed by atoms with Crippen molar-refractivity contribution in [2.24, 2.45) is 0 Å². The van der Waals surface area contributed by atoms with E-state index in [0.29, 0.717) is 13.2 Å². The fraction of sp³-hybridized carbons (Fsp3) is 0.692. The number of hydrogen-bond donors (Lipinski definition) is 0. The Kier molecular flexibility index (Phi) is 6.40. The SMILES string of the molecule is COCCOC1CCC(=C(C#N)C(=O)OC)CC1. The van der Waals surface area contributed by atoms with Gasteiger partial charge < -0.3 is 14.2 Å². The third-order valence-electron chi connectivity index (χ3n) is 3.03. The predicted octanol–water partition coefficient (Wildman–Crippen LogP) is 1.59. The lowest BCUT2D eigenvalue weighted by atomic mass is 9.89. The fourth-order valence-electron chi connectivity index (χ4n) is 2.03. The van der Waals surface area contributed by atoms with Crippen molar-refractivity contribution in [1.29, 1.82) is 5.26 Å². The van der Waals surface area contributed by atoms with E-state index in [2.05, 4.69) is 4.74 Å². The van der Waals surface area contributed by atoms with E-state index in [4.69, 9.17) is 14.7 Å². The molecule has 18 heavy (non-hydrogen) atoms. The predicted molar refractivity (Wildman–Crippen MR) is 64.7 cm³/mol. The third kappa shape index (κ3) is 4.13. The second-order valence-electron chi connectivity index (χ2n) is 4.14. The first-order valence-electron chi connectivity index (χ1n) is 6.04. The summed E-state index contributed by atoms with van der Waals surface area (Å²) in [5, 5.41) is 8.96. The highest BCUT2D eigenvalue weighted by atomic mass is 16.5. The van der Waals surface area contributed by atoms with Crippen LogP contribution in [0.25, 0.3) is 0 Å². The van der Waals surface area contributed by atoms with E-state index in [1.807, 2.05) is 6.07 Å². The number of allylic oxidation sites excluding steroid dienone is 1. The van der Waals surface area contributed by atoms with Gasteiger partial charge in [0.25, 0.3) is 0 Å². The van der Waals surface area contributed by atoms with Gasteiger partial charge in [-0.2, -0.15) is 5.26 Å². The first-order valence-corrected chi connectivity index (χ1v) is 6.04. The molecule has 1 aliphatic rings. The van der Waals surface area contributed by atoms with Crippen LogP contribution in [0, 0.1) is 11.3 Å². The molecule has 0 aromatic carbocycles. The molecule has 0 aromatic heterocycles. The number of nitrogens with zero attached hydrogens (tertiary/aromatic N) is 1. The number of hydrogen-bond acceptors (Lipinski definition) is 5. The van der Waals surface area contributed by atoms with Crippen LogP contribution >= 0.6 is 0 Å². The Bertz CT molecular complexity index is 346. The highest BCUT2D eigenvalue weighted by Crippen LogP contribution is 2.28. The minimum absolute atomic E-state index is 0.160. The first kappa shape index (κ1) is 14.7. The molecule has 5 heteroatoms. The Hall–Kier alpha value is -1.38. The molecule has 0 N–H and O–H groups in total. The van der Waals surface area contributed by atoms with Gasteiger partial charge in [-0.25, -0.2) is 4.79 Å². The normalized spacial score (nSPS) is 19.2. The van der Waals surface area contributed by atoms with Crippen LogP contribution in [0.3, 0.4) is 0 Å². The third-order valence-corrected chi connectivity index (χ3v) is 3.03. The molecule has 100 valence electrons. The highest BCUT2D eigenvalue weighted by Gasteiger charge is 2.22. The van der Waals surface area contributed by atoms with E-state index in [0.717, 1.165) is 31.3 Å². The van der Waals surface area contributed by atoms with E-state index < -0.39 is 5.97 Å². The van der Waals surface area contributed by atoms with Gasteiger partial charge in [-0.1, -0.05) is 0 Å². The standard InChI is InChI=1S/C13H19NO4/c1-16-7-8-18-11-5-3-10(4-6-11)12(9-14)13(15)17-2/h11H,3-8H2,1-2H3. The molecule has 1 aliphatic carbocycles. The maximum absolute atomic E-state index is 11.4. The molecule has 1 saturated carbocycles. The molecule has 1 rings (SSSR count). The van der Waals surface area contributed by atoms with Crippen molar-refractivity contribution >= 4 is 5.97 Å². The average molecular weight is 253 g/mol. The second-order valence-corrected chi connectivity index (χ2v) is 4.14. The Labute approximate surface area is 107 Å². The molecule has 0 unspecified atom stereocenters. The summed E-state index contributed by atoms with van der Waals surface area (Å²) in [7, 11) is 2.93. The maximum atomic E-state index is 11.4. The molecule has 0 radical (unpaired) electrons. The highest BCUT2D eigenvalue weighted by molar-refractivity contribution is 5.93. The van der Waals surface area contributed by atoms with E-state index in [1.54, 1.807) is 7.11 Å². The zero-order chi connectivity index (χ0) is 13.4. The van der Waals surface area contributed by atoms with Crippen molar-refractivity contribution in [2.75, 3.05) is 27.4 Å². The van der Waals surface area contributed by atoms with Gasteiger partial charge in [0.05, 0.1) is 26.4 Å². The van der Waals surface area contributed by atoms with Crippen molar-refractivity contribution in [3.05, 3.63) is 11.1 Å². The molecule has 0 aliphatic heterocycles. The number of carbonyl (C=O) groups excluding carboxylic acids is 1. The number of esters is 1. The molecule has 0 spiro atoms. The minimum Gasteiger partial charge on any atom is -0.465 e. The zero-order valence-electron chi connectivity index (χ0n) is 10.9. The van der Waals surface area contributed by atoms with Crippen molar-refractivity contribution in [3.63, 3.8) is 0 Å².